The molecule has 0 heterocycles. The first kappa shape index (κ1) is 17.0. The molecule has 4 nitrogen and oxygen atoms in total. The third kappa shape index (κ3) is 4.80. The molecule has 2 N–H and O–H groups in total. The van der Waals surface area contributed by atoms with Gasteiger partial charge in [0.05, 0.1) is 5.75 Å². The van der Waals surface area contributed by atoms with Crippen LogP contribution >= 0.6 is 0 Å². The van der Waals surface area contributed by atoms with Crippen LogP contribution in [0, 0.1) is 5.92 Å². The topological polar surface area (TPSA) is 63.4 Å². The number of hydrogen-bond acceptors (Lipinski definition) is 3. The largest absolute Gasteiger partial charge is 0.398 e. The van der Waals surface area contributed by atoms with E-state index < -0.39 is 10.0 Å². The zero-order valence-electron chi connectivity index (χ0n) is 12.8. The molecule has 0 unspecified atom stereocenters. The van der Waals surface area contributed by atoms with Crippen LogP contribution in [0.15, 0.2) is 24.3 Å². The van der Waals surface area contributed by atoms with E-state index in [4.69, 9.17) is 5.73 Å². The minimum absolute atomic E-state index is 0.0771. The molecular weight excluding hydrogens is 272 g/mol. The molecular formula is C15H26N2O2S. The Labute approximate surface area is 123 Å². The molecule has 0 saturated carbocycles. The number of anilines is 1. The summed E-state index contributed by atoms with van der Waals surface area (Å²) in [6, 6.07) is 7.33. The van der Waals surface area contributed by atoms with Gasteiger partial charge in [-0.1, -0.05) is 32.0 Å². The predicted molar refractivity (Wildman–Crippen MR) is 84.8 cm³/mol. The third-order valence-electron chi connectivity index (χ3n) is 3.27. The van der Waals surface area contributed by atoms with E-state index >= 15 is 0 Å². The van der Waals surface area contributed by atoms with Gasteiger partial charge >= 0.3 is 0 Å². The number of nitrogens with two attached hydrogens (primary N) is 1. The lowest BCUT2D eigenvalue weighted by molar-refractivity contribution is 0.347. The highest BCUT2D eigenvalue weighted by Gasteiger charge is 2.25. The van der Waals surface area contributed by atoms with E-state index in [0.29, 0.717) is 24.6 Å². The van der Waals surface area contributed by atoms with Crippen LogP contribution in [-0.4, -0.2) is 24.5 Å². The molecule has 0 aliphatic carbocycles. The highest BCUT2D eigenvalue weighted by molar-refractivity contribution is 7.89. The van der Waals surface area contributed by atoms with Crippen LogP contribution in [0.2, 0.25) is 0 Å². The summed E-state index contributed by atoms with van der Waals surface area (Å²) in [5.74, 6) is 0.566. The van der Waals surface area contributed by atoms with Crippen molar-refractivity contribution >= 4 is 15.7 Å². The molecule has 0 aliphatic rings. The Hall–Kier alpha value is -1.07. The number of hydrogen-bond donors (Lipinski definition) is 1. The second kappa shape index (κ2) is 7.09. The minimum Gasteiger partial charge on any atom is -0.398 e. The molecule has 1 rings (SSSR count). The standard InChI is InChI=1S/C15H26N2O2S/c1-12(2)9-10-20(18,19)17(13(3)4)11-14-7-5-6-8-15(14)16/h5-8,12-13H,9-11,16H2,1-4H3. The lowest BCUT2D eigenvalue weighted by Gasteiger charge is -2.27. The predicted octanol–water partition coefficient (Wildman–Crippen LogP) is 2.86. The first-order valence-electron chi connectivity index (χ1n) is 7.07. The van der Waals surface area contributed by atoms with Crippen LogP contribution in [-0.2, 0) is 16.6 Å². The number of sulfonamides is 1. The molecule has 0 amide bonds. The van der Waals surface area contributed by atoms with E-state index in [1.807, 2.05) is 45.9 Å². The maximum absolute atomic E-state index is 12.5. The van der Waals surface area contributed by atoms with Gasteiger partial charge in [0, 0.05) is 18.3 Å². The Morgan fingerprint density at radius 3 is 2.25 bits per heavy atom. The van der Waals surface area contributed by atoms with E-state index in [0.717, 1.165) is 5.56 Å². The Morgan fingerprint density at radius 1 is 1.15 bits per heavy atom. The minimum atomic E-state index is -3.25. The summed E-state index contributed by atoms with van der Waals surface area (Å²) in [7, 11) is -3.25. The van der Waals surface area contributed by atoms with Crippen molar-refractivity contribution in [3.05, 3.63) is 29.8 Å². The van der Waals surface area contributed by atoms with Crippen molar-refractivity contribution in [2.45, 2.75) is 46.7 Å². The molecule has 114 valence electrons. The zero-order valence-corrected chi connectivity index (χ0v) is 13.7. The van der Waals surface area contributed by atoms with Gasteiger partial charge in [-0.15, -0.1) is 0 Å². The van der Waals surface area contributed by atoms with Crippen LogP contribution in [0.1, 0.15) is 39.7 Å². The summed E-state index contributed by atoms with van der Waals surface area (Å²) < 4.78 is 26.5. The summed E-state index contributed by atoms with van der Waals surface area (Å²) in [6.07, 6.45) is 0.676. The molecule has 0 bridgehead atoms. The van der Waals surface area contributed by atoms with Crippen molar-refractivity contribution in [1.82, 2.24) is 4.31 Å². The second-order valence-electron chi connectivity index (χ2n) is 5.84. The van der Waals surface area contributed by atoms with Gasteiger partial charge < -0.3 is 5.73 Å². The van der Waals surface area contributed by atoms with Gasteiger partial charge in [-0.25, -0.2) is 8.42 Å². The van der Waals surface area contributed by atoms with Gasteiger partial charge in [-0.2, -0.15) is 4.31 Å². The van der Waals surface area contributed by atoms with Crippen LogP contribution in [0.5, 0.6) is 0 Å². The van der Waals surface area contributed by atoms with Gasteiger partial charge in [0.2, 0.25) is 10.0 Å². The van der Waals surface area contributed by atoms with Gasteiger partial charge in [-0.3, -0.25) is 0 Å². The quantitative estimate of drug-likeness (QED) is 0.787. The molecule has 0 saturated heterocycles. The molecule has 0 aromatic heterocycles. The van der Waals surface area contributed by atoms with Gasteiger partial charge in [0.25, 0.3) is 0 Å². The summed E-state index contributed by atoms with van der Waals surface area (Å²) in [6.45, 7) is 8.19. The van der Waals surface area contributed by atoms with E-state index in [-0.39, 0.29) is 11.8 Å². The maximum atomic E-state index is 12.5. The number of nitrogens with zero attached hydrogens (tertiary/aromatic N) is 1. The van der Waals surface area contributed by atoms with Gasteiger partial charge in [-0.05, 0) is 37.8 Å². The molecule has 0 atom stereocenters. The smallest absolute Gasteiger partial charge is 0.214 e. The van der Waals surface area contributed by atoms with Crippen LogP contribution < -0.4 is 5.73 Å². The average molecular weight is 298 g/mol. The molecule has 1 aromatic carbocycles. The SMILES string of the molecule is CC(C)CCS(=O)(=O)N(Cc1ccccc1N)C(C)C. The lowest BCUT2D eigenvalue weighted by Crippen LogP contribution is -2.38. The zero-order chi connectivity index (χ0) is 15.3. The van der Waals surface area contributed by atoms with Crippen molar-refractivity contribution in [1.29, 1.82) is 0 Å². The summed E-state index contributed by atoms with van der Waals surface area (Å²) in [5, 5.41) is 0. The lowest BCUT2D eigenvalue weighted by atomic mass is 10.2. The van der Waals surface area contributed by atoms with Crippen molar-refractivity contribution in [3.63, 3.8) is 0 Å². The maximum Gasteiger partial charge on any atom is 0.214 e. The van der Waals surface area contributed by atoms with Crippen LogP contribution in [0.4, 0.5) is 5.69 Å². The monoisotopic (exact) mass is 298 g/mol. The molecule has 0 spiro atoms. The molecule has 20 heavy (non-hydrogen) atoms. The Balaban J connectivity index is 2.92. The summed E-state index contributed by atoms with van der Waals surface area (Å²) in [5.41, 5.74) is 7.41. The molecule has 1 aromatic rings. The van der Waals surface area contributed by atoms with Gasteiger partial charge in [0.15, 0.2) is 0 Å². The fourth-order valence-electron chi connectivity index (χ4n) is 1.95. The summed E-state index contributed by atoms with van der Waals surface area (Å²) in [4.78, 5) is 0. The molecule has 5 heteroatoms. The average Bonchev–Trinajstić information content (AvgIpc) is 2.35. The Kier molecular flexibility index (Phi) is 6.02. The van der Waals surface area contributed by atoms with Gasteiger partial charge in [0.1, 0.15) is 0 Å². The van der Waals surface area contributed by atoms with E-state index in [1.54, 1.807) is 10.4 Å². The Bertz CT molecular complexity index is 524. The number of nitrogen functional groups attached to an aromatic ring is 1. The fourth-order valence-corrected chi connectivity index (χ4v) is 3.93. The summed E-state index contributed by atoms with van der Waals surface area (Å²) >= 11 is 0. The molecule has 0 fully saturated rings. The number of benzene rings is 1. The van der Waals surface area contributed by atoms with Crippen molar-refractivity contribution in [3.8, 4) is 0 Å². The normalized spacial score (nSPS) is 12.6. The first-order valence-corrected chi connectivity index (χ1v) is 8.68. The Morgan fingerprint density at radius 2 is 1.75 bits per heavy atom. The number of para-hydroxylation sites is 1. The van der Waals surface area contributed by atoms with E-state index in [2.05, 4.69) is 0 Å². The van der Waals surface area contributed by atoms with Crippen LogP contribution in [0.25, 0.3) is 0 Å². The molecule has 0 aliphatic heterocycles. The first-order chi connectivity index (χ1) is 9.24. The highest BCUT2D eigenvalue weighted by Crippen LogP contribution is 2.19. The van der Waals surface area contributed by atoms with Crippen LogP contribution in [0.3, 0.4) is 0 Å². The number of rotatable bonds is 7. The van der Waals surface area contributed by atoms with Crippen molar-refractivity contribution < 1.29 is 8.42 Å². The van der Waals surface area contributed by atoms with E-state index in [1.165, 1.54) is 0 Å². The van der Waals surface area contributed by atoms with E-state index in [9.17, 15) is 8.42 Å². The second-order valence-corrected chi connectivity index (χ2v) is 7.88. The highest BCUT2D eigenvalue weighted by atomic mass is 32.2. The molecule has 0 radical (unpaired) electrons. The van der Waals surface area contributed by atoms with Crippen molar-refractivity contribution in [2.24, 2.45) is 5.92 Å². The fraction of sp³-hybridized carbons (Fsp3) is 0.600. The van der Waals surface area contributed by atoms with Crippen molar-refractivity contribution in [2.75, 3.05) is 11.5 Å². The third-order valence-corrected chi connectivity index (χ3v) is 5.28.